The predicted molar refractivity (Wildman–Crippen MR) is 56.8 cm³/mol. The molecule has 0 aromatic rings. The van der Waals surface area contributed by atoms with Gasteiger partial charge in [-0.25, -0.2) is 0 Å². The van der Waals surface area contributed by atoms with Crippen molar-refractivity contribution in [2.45, 2.75) is 27.2 Å². The summed E-state index contributed by atoms with van der Waals surface area (Å²) in [6, 6.07) is 0. The molecular weight excluding hydrogens is 170 g/mol. The van der Waals surface area contributed by atoms with E-state index in [1.165, 1.54) is 0 Å². The summed E-state index contributed by atoms with van der Waals surface area (Å²) in [6.45, 7) is 8.49. The maximum atomic E-state index is 5.68. The second kappa shape index (κ2) is 6.50. The molecular formula is C10H20ClN. The van der Waals surface area contributed by atoms with E-state index < -0.39 is 0 Å². The van der Waals surface area contributed by atoms with Crippen LogP contribution in [-0.2, 0) is 0 Å². The number of rotatable bonds is 6. The van der Waals surface area contributed by atoms with Gasteiger partial charge in [-0.15, -0.1) is 11.6 Å². The van der Waals surface area contributed by atoms with Crippen LogP contribution in [0.3, 0.4) is 0 Å². The van der Waals surface area contributed by atoms with Crippen LogP contribution in [0, 0.1) is 5.41 Å². The second-order valence-electron chi connectivity index (χ2n) is 3.80. The third-order valence-electron chi connectivity index (χ3n) is 1.87. The summed E-state index contributed by atoms with van der Waals surface area (Å²) in [5.74, 6) is 0.748. The fourth-order valence-corrected chi connectivity index (χ4v) is 1.47. The number of hydrogen-bond donors (Lipinski definition) is 1. The number of nitrogens with one attached hydrogen (secondary N) is 1. The van der Waals surface area contributed by atoms with Crippen LogP contribution in [0.15, 0.2) is 12.2 Å². The lowest BCUT2D eigenvalue weighted by Crippen LogP contribution is -2.29. The van der Waals surface area contributed by atoms with Crippen molar-refractivity contribution in [2.75, 3.05) is 19.0 Å². The standard InChI is InChI=1S/C10H20ClN/c1-4-5-8-12-9-10(2,3)6-7-11/h4-5,12H,6-9H2,1-3H3/b5-4+. The van der Waals surface area contributed by atoms with Crippen LogP contribution < -0.4 is 5.32 Å². The van der Waals surface area contributed by atoms with Crippen molar-refractivity contribution in [1.82, 2.24) is 5.32 Å². The van der Waals surface area contributed by atoms with Gasteiger partial charge >= 0.3 is 0 Å². The molecule has 72 valence electrons. The van der Waals surface area contributed by atoms with E-state index in [-0.39, 0.29) is 0 Å². The Morgan fingerprint density at radius 3 is 2.58 bits per heavy atom. The summed E-state index contributed by atoms with van der Waals surface area (Å²) in [5, 5.41) is 3.37. The minimum atomic E-state index is 0.323. The monoisotopic (exact) mass is 189 g/mol. The second-order valence-corrected chi connectivity index (χ2v) is 4.18. The zero-order valence-corrected chi connectivity index (χ0v) is 9.12. The summed E-state index contributed by atoms with van der Waals surface area (Å²) >= 11 is 5.68. The van der Waals surface area contributed by atoms with Crippen LogP contribution in [0.5, 0.6) is 0 Å². The van der Waals surface area contributed by atoms with Gasteiger partial charge in [0.2, 0.25) is 0 Å². The van der Waals surface area contributed by atoms with Crippen molar-refractivity contribution < 1.29 is 0 Å². The van der Waals surface area contributed by atoms with Gasteiger partial charge in [-0.05, 0) is 18.8 Å². The quantitative estimate of drug-likeness (QED) is 0.385. The van der Waals surface area contributed by atoms with Gasteiger partial charge in [0.05, 0.1) is 0 Å². The molecule has 1 N–H and O–H groups in total. The Morgan fingerprint density at radius 2 is 2.08 bits per heavy atom. The van der Waals surface area contributed by atoms with E-state index in [0.717, 1.165) is 25.4 Å². The van der Waals surface area contributed by atoms with Crippen molar-refractivity contribution in [2.24, 2.45) is 5.41 Å². The molecule has 0 saturated heterocycles. The van der Waals surface area contributed by atoms with Crippen LogP contribution in [-0.4, -0.2) is 19.0 Å². The molecule has 0 unspecified atom stereocenters. The summed E-state index contributed by atoms with van der Waals surface area (Å²) in [5.41, 5.74) is 0.323. The Bertz CT molecular complexity index is 130. The first-order valence-electron chi connectivity index (χ1n) is 4.50. The molecule has 12 heavy (non-hydrogen) atoms. The highest BCUT2D eigenvalue weighted by Crippen LogP contribution is 2.19. The lowest BCUT2D eigenvalue weighted by Gasteiger charge is -2.23. The first-order valence-corrected chi connectivity index (χ1v) is 5.03. The highest BCUT2D eigenvalue weighted by Gasteiger charge is 2.15. The maximum absolute atomic E-state index is 5.68. The number of alkyl halides is 1. The minimum absolute atomic E-state index is 0.323. The minimum Gasteiger partial charge on any atom is -0.313 e. The molecule has 2 heteroatoms. The Balaban J connectivity index is 3.46. The fourth-order valence-electron chi connectivity index (χ4n) is 0.956. The third-order valence-corrected chi connectivity index (χ3v) is 2.06. The van der Waals surface area contributed by atoms with Crippen molar-refractivity contribution in [1.29, 1.82) is 0 Å². The summed E-state index contributed by atoms with van der Waals surface area (Å²) in [7, 11) is 0. The van der Waals surface area contributed by atoms with E-state index in [9.17, 15) is 0 Å². The number of hydrogen-bond acceptors (Lipinski definition) is 1. The van der Waals surface area contributed by atoms with Crippen molar-refractivity contribution >= 4 is 11.6 Å². The van der Waals surface area contributed by atoms with E-state index in [0.29, 0.717) is 5.41 Å². The first kappa shape index (κ1) is 12.0. The van der Waals surface area contributed by atoms with Crippen LogP contribution in [0.1, 0.15) is 27.2 Å². The molecule has 0 radical (unpaired) electrons. The van der Waals surface area contributed by atoms with Crippen LogP contribution in [0.25, 0.3) is 0 Å². The van der Waals surface area contributed by atoms with Crippen molar-refractivity contribution in [3.63, 3.8) is 0 Å². The Hall–Kier alpha value is -0.0100. The lowest BCUT2D eigenvalue weighted by atomic mass is 9.90. The smallest absolute Gasteiger partial charge is 0.0229 e. The highest BCUT2D eigenvalue weighted by molar-refractivity contribution is 6.17. The Labute approximate surface area is 81.2 Å². The zero-order valence-electron chi connectivity index (χ0n) is 8.36. The highest BCUT2D eigenvalue weighted by atomic mass is 35.5. The Kier molecular flexibility index (Phi) is 6.49. The van der Waals surface area contributed by atoms with E-state index in [2.05, 4.69) is 31.3 Å². The molecule has 0 bridgehead atoms. The number of allylic oxidation sites excluding steroid dienone is 1. The van der Waals surface area contributed by atoms with E-state index in [1.807, 2.05) is 6.92 Å². The molecule has 0 aliphatic carbocycles. The Morgan fingerprint density at radius 1 is 1.42 bits per heavy atom. The van der Waals surface area contributed by atoms with Gasteiger partial charge in [0.15, 0.2) is 0 Å². The zero-order chi connectivity index (χ0) is 9.45. The van der Waals surface area contributed by atoms with E-state index in [4.69, 9.17) is 11.6 Å². The average Bonchev–Trinajstić information content (AvgIpc) is 1.98. The SMILES string of the molecule is C/C=C/CNCC(C)(C)CCCl. The summed E-state index contributed by atoms with van der Waals surface area (Å²) < 4.78 is 0. The molecule has 0 heterocycles. The van der Waals surface area contributed by atoms with Gasteiger partial charge in [0.25, 0.3) is 0 Å². The van der Waals surface area contributed by atoms with Gasteiger partial charge in [-0.3, -0.25) is 0 Å². The van der Waals surface area contributed by atoms with Crippen molar-refractivity contribution in [3.05, 3.63) is 12.2 Å². The summed E-state index contributed by atoms with van der Waals surface area (Å²) in [4.78, 5) is 0. The van der Waals surface area contributed by atoms with Crippen LogP contribution in [0.2, 0.25) is 0 Å². The van der Waals surface area contributed by atoms with Gasteiger partial charge in [-0.1, -0.05) is 26.0 Å². The normalized spacial score (nSPS) is 12.7. The predicted octanol–water partition coefficient (Wildman–Crippen LogP) is 2.81. The molecule has 0 aromatic heterocycles. The lowest BCUT2D eigenvalue weighted by molar-refractivity contribution is 0.336. The summed E-state index contributed by atoms with van der Waals surface area (Å²) in [6.07, 6.45) is 5.25. The maximum Gasteiger partial charge on any atom is 0.0229 e. The molecule has 0 saturated carbocycles. The van der Waals surface area contributed by atoms with Crippen molar-refractivity contribution in [3.8, 4) is 0 Å². The number of halogens is 1. The first-order chi connectivity index (χ1) is 5.62. The van der Waals surface area contributed by atoms with Crippen LogP contribution in [0.4, 0.5) is 0 Å². The molecule has 0 aliphatic heterocycles. The van der Waals surface area contributed by atoms with Gasteiger partial charge in [-0.2, -0.15) is 0 Å². The fraction of sp³-hybridized carbons (Fsp3) is 0.800. The molecule has 0 aromatic carbocycles. The van der Waals surface area contributed by atoms with Gasteiger partial charge in [0, 0.05) is 19.0 Å². The molecule has 0 amide bonds. The molecule has 0 atom stereocenters. The third kappa shape index (κ3) is 6.68. The molecule has 0 fully saturated rings. The molecule has 0 aliphatic rings. The molecule has 0 spiro atoms. The van der Waals surface area contributed by atoms with E-state index >= 15 is 0 Å². The van der Waals surface area contributed by atoms with Crippen LogP contribution >= 0.6 is 11.6 Å². The average molecular weight is 190 g/mol. The van der Waals surface area contributed by atoms with Gasteiger partial charge < -0.3 is 5.32 Å². The molecule has 1 nitrogen and oxygen atoms in total. The molecule has 0 rings (SSSR count). The largest absolute Gasteiger partial charge is 0.313 e. The van der Waals surface area contributed by atoms with Gasteiger partial charge in [0.1, 0.15) is 0 Å². The van der Waals surface area contributed by atoms with E-state index in [1.54, 1.807) is 0 Å². The topological polar surface area (TPSA) is 12.0 Å².